The van der Waals surface area contributed by atoms with Crippen LogP contribution in [0.1, 0.15) is 49.5 Å². The predicted molar refractivity (Wildman–Crippen MR) is 152 cm³/mol. The van der Waals surface area contributed by atoms with E-state index in [0.717, 1.165) is 55.3 Å². The van der Waals surface area contributed by atoms with Crippen LogP contribution < -0.4 is 10.9 Å². The molecule has 41 heavy (non-hydrogen) atoms. The molecular weight excluding hydrogens is 546 g/mol. The lowest BCUT2D eigenvalue weighted by atomic mass is 9.97. The van der Waals surface area contributed by atoms with Crippen molar-refractivity contribution >= 4 is 23.4 Å². The summed E-state index contributed by atoms with van der Waals surface area (Å²) in [5.41, 5.74) is 4.72. The van der Waals surface area contributed by atoms with Crippen molar-refractivity contribution < 1.29 is 9.90 Å². The van der Waals surface area contributed by atoms with E-state index in [9.17, 15) is 9.59 Å². The Morgan fingerprint density at radius 2 is 1.90 bits per heavy atom. The number of rotatable bonds is 4. The number of benzene rings is 2. The number of halogens is 1. The summed E-state index contributed by atoms with van der Waals surface area (Å²) >= 11 is 6.29. The monoisotopic (exact) mass is 571 g/mol. The smallest absolute Gasteiger partial charge is 0.409 e. The van der Waals surface area contributed by atoms with Crippen molar-refractivity contribution in [2.45, 2.75) is 44.6 Å². The molecular formula is C28H26ClN9O3. The Hall–Kier alpha value is -4.84. The number of carbonyl (C=O) groups is 1. The summed E-state index contributed by atoms with van der Waals surface area (Å²) in [5.74, 6) is 0.660. The number of aromatic nitrogens is 8. The van der Waals surface area contributed by atoms with Crippen molar-refractivity contribution in [2.75, 3.05) is 5.32 Å². The van der Waals surface area contributed by atoms with Crippen LogP contribution in [0.15, 0.2) is 66.1 Å². The van der Waals surface area contributed by atoms with Gasteiger partial charge in [-0.15, -0.1) is 5.10 Å². The van der Waals surface area contributed by atoms with Gasteiger partial charge in [-0.2, -0.15) is 4.68 Å². The number of amides is 1. The Morgan fingerprint density at radius 3 is 2.71 bits per heavy atom. The van der Waals surface area contributed by atoms with Crippen LogP contribution in [0.2, 0.25) is 5.02 Å². The van der Waals surface area contributed by atoms with E-state index in [2.05, 4.69) is 30.8 Å². The molecule has 3 N–H and O–H groups in total. The third kappa shape index (κ3) is 5.59. The Labute approximate surface area is 239 Å². The summed E-state index contributed by atoms with van der Waals surface area (Å²) in [7, 11) is 0. The lowest BCUT2D eigenvalue weighted by Gasteiger charge is -2.19. The Morgan fingerprint density at radius 1 is 1.02 bits per heavy atom. The summed E-state index contributed by atoms with van der Waals surface area (Å²) in [6.07, 6.45) is 9.16. The zero-order valence-electron chi connectivity index (χ0n) is 21.9. The van der Waals surface area contributed by atoms with Crippen LogP contribution in [0.5, 0.6) is 0 Å². The molecule has 0 saturated heterocycles. The highest BCUT2D eigenvalue weighted by Crippen LogP contribution is 2.32. The van der Waals surface area contributed by atoms with Gasteiger partial charge < -0.3 is 10.1 Å². The van der Waals surface area contributed by atoms with Gasteiger partial charge in [0.1, 0.15) is 12.2 Å². The van der Waals surface area contributed by atoms with Gasteiger partial charge in [0.2, 0.25) is 0 Å². The Kier molecular flexibility index (Phi) is 7.30. The fourth-order valence-corrected chi connectivity index (χ4v) is 5.46. The summed E-state index contributed by atoms with van der Waals surface area (Å²) in [5, 5.41) is 23.4. The molecule has 1 aliphatic rings. The van der Waals surface area contributed by atoms with Gasteiger partial charge in [-0.25, -0.2) is 14.8 Å². The highest BCUT2D eigenvalue weighted by Gasteiger charge is 2.22. The van der Waals surface area contributed by atoms with Crippen LogP contribution >= 0.6 is 11.6 Å². The normalized spacial score (nSPS) is 15.4. The molecule has 3 aromatic heterocycles. The van der Waals surface area contributed by atoms with Crippen LogP contribution in [-0.2, 0) is 6.42 Å². The third-order valence-corrected chi connectivity index (χ3v) is 7.46. The standard InChI is InChI=1S/C28H26ClN9O3/c29-18-7-10-24(38-16-32-35-36-38)21(12-18)22-13-26(39)37(15-31-22)25-6-4-2-1-3-5-17-11-19(33-28(40)41)8-9-20(17)23-14-30-27(25)34-23/h7-16,25,33H,1-6H2,(H,30,34)(H,40,41)/t25-/m0/s1. The van der Waals surface area contributed by atoms with E-state index in [4.69, 9.17) is 21.7 Å². The highest BCUT2D eigenvalue weighted by molar-refractivity contribution is 6.31. The van der Waals surface area contributed by atoms with Crippen molar-refractivity contribution in [3.05, 3.63) is 88.1 Å². The molecule has 1 amide bonds. The highest BCUT2D eigenvalue weighted by atomic mass is 35.5. The summed E-state index contributed by atoms with van der Waals surface area (Å²) in [6.45, 7) is 0. The lowest BCUT2D eigenvalue weighted by molar-refractivity contribution is 0.209. The molecule has 0 saturated carbocycles. The lowest BCUT2D eigenvalue weighted by Crippen LogP contribution is -2.26. The van der Waals surface area contributed by atoms with Crippen molar-refractivity contribution in [3.8, 4) is 28.2 Å². The number of hydrogen-bond donors (Lipinski definition) is 3. The number of anilines is 1. The number of carboxylic acid groups (broad SMARTS) is 1. The minimum absolute atomic E-state index is 0.225. The number of H-pyrrole nitrogens is 1. The number of tetrazole rings is 1. The van der Waals surface area contributed by atoms with E-state index < -0.39 is 6.09 Å². The third-order valence-electron chi connectivity index (χ3n) is 7.22. The quantitative estimate of drug-likeness (QED) is 0.268. The van der Waals surface area contributed by atoms with Gasteiger partial charge in [0.15, 0.2) is 0 Å². The SMILES string of the molecule is O=C(O)Nc1ccc2c(c1)CCCCCC[C@H](n1cnc(-c3cc(Cl)ccc3-n3cnnn3)cc1=O)c1nc-2c[nH]1. The van der Waals surface area contributed by atoms with E-state index in [1.807, 2.05) is 18.3 Å². The van der Waals surface area contributed by atoms with Gasteiger partial charge in [0, 0.05) is 34.1 Å². The van der Waals surface area contributed by atoms with Crippen molar-refractivity contribution in [1.82, 2.24) is 39.7 Å². The average molecular weight is 572 g/mol. The van der Waals surface area contributed by atoms with Gasteiger partial charge in [0.25, 0.3) is 5.56 Å². The zero-order valence-corrected chi connectivity index (χ0v) is 22.6. The first-order valence-corrected chi connectivity index (χ1v) is 13.6. The average Bonchev–Trinajstić information content (AvgIpc) is 3.65. The fraction of sp³-hybridized carbons (Fsp3) is 0.250. The second kappa shape index (κ2) is 11.3. The molecule has 0 radical (unpaired) electrons. The molecule has 1 aliphatic heterocycles. The molecule has 0 unspecified atom stereocenters. The molecule has 4 heterocycles. The summed E-state index contributed by atoms with van der Waals surface area (Å²) in [4.78, 5) is 37.5. The van der Waals surface area contributed by atoms with Crippen molar-refractivity contribution in [1.29, 1.82) is 0 Å². The van der Waals surface area contributed by atoms with E-state index in [0.29, 0.717) is 33.5 Å². The molecule has 6 rings (SSSR count). The van der Waals surface area contributed by atoms with Gasteiger partial charge in [-0.3, -0.25) is 14.7 Å². The number of fused-ring (bicyclic) bond motifs is 4. The molecule has 12 nitrogen and oxygen atoms in total. The number of aryl methyl sites for hydroxylation is 1. The van der Waals surface area contributed by atoms with E-state index >= 15 is 0 Å². The number of aromatic amines is 1. The second-order valence-electron chi connectivity index (χ2n) is 9.88. The van der Waals surface area contributed by atoms with E-state index in [-0.39, 0.29) is 11.6 Å². The fourth-order valence-electron chi connectivity index (χ4n) is 5.29. The first-order valence-electron chi connectivity index (χ1n) is 13.3. The number of hydrogen-bond acceptors (Lipinski definition) is 7. The predicted octanol–water partition coefficient (Wildman–Crippen LogP) is 5.12. The first-order chi connectivity index (χ1) is 20.0. The van der Waals surface area contributed by atoms with Crippen LogP contribution in [0.3, 0.4) is 0 Å². The summed E-state index contributed by atoms with van der Waals surface area (Å²) < 4.78 is 3.11. The number of nitrogens with zero attached hydrogens (tertiary/aromatic N) is 7. The van der Waals surface area contributed by atoms with Gasteiger partial charge in [-0.05, 0) is 65.6 Å². The first kappa shape index (κ1) is 26.4. The van der Waals surface area contributed by atoms with Crippen LogP contribution in [0.4, 0.5) is 10.5 Å². The number of imidazole rings is 1. The second-order valence-corrected chi connectivity index (χ2v) is 10.3. The molecule has 13 heteroatoms. The molecule has 1 atom stereocenters. The van der Waals surface area contributed by atoms with Crippen LogP contribution in [0, 0.1) is 0 Å². The van der Waals surface area contributed by atoms with E-state index in [1.165, 1.54) is 17.1 Å². The topological polar surface area (TPSA) is 157 Å². The largest absolute Gasteiger partial charge is 0.465 e. The van der Waals surface area contributed by atoms with Gasteiger partial charge >= 0.3 is 6.09 Å². The molecule has 208 valence electrons. The molecule has 0 fully saturated rings. The van der Waals surface area contributed by atoms with Crippen LogP contribution in [0.25, 0.3) is 28.2 Å². The maximum atomic E-state index is 13.6. The maximum Gasteiger partial charge on any atom is 0.409 e. The van der Waals surface area contributed by atoms with Crippen LogP contribution in [-0.4, -0.2) is 50.9 Å². The van der Waals surface area contributed by atoms with Gasteiger partial charge in [0.05, 0.1) is 29.4 Å². The minimum Gasteiger partial charge on any atom is -0.465 e. The molecule has 0 aliphatic carbocycles. The Balaban J connectivity index is 1.37. The molecule has 2 bridgehead atoms. The van der Waals surface area contributed by atoms with Crippen molar-refractivity contribution in [2.24, 2.45) is 0 Å². The molecule has 2 aromatic carbocycles. The Bertz CT molecular complexity index is 1760. The molecule has 5 aromatic rings. The van der Waals surface area contributed by atoms with Gasteiger partial charge in [-0.1, -0.05) is 36.9 Å². The maximum absolute atomic E-state index is 13.6. The molecule has 0 spiro atoms. The minimum atomic E-state index is -1.10. The van der Waals surface area contributed by atoms with E-state index in [1.54, 1.807) is 35.2 Å². The number of nitrogens with one attached hydrogen (secondary N) is 2. The zero-order chi connectivity index (χ0) is 28.3. The van der Waals surface area contributed by atoms with Crippen molar-refractivity contribution in [3.63, 3.8) is 0 Å². The summed E-state index contributed by atoms with van der Waals surface area (Å²) in [6, 6.07) is 11.9.